The second kappa shape index (κ2) is 11.1. The summed E-state index contributed by atoms with van der Waals surface area (Å²) in [5.41, 5.74) is 3.68. The van der Waals surface area contributed by atoms with E-state index in [2.05, 4.69) is 10.1 Å². The fourth-order valence-corrected chi connectivity index (χ4v) is 5.70. The molecule has 0 unspecified atom stereocenters. The van der Waals surface area contributed by atoms with Gasteiger partial charge in [-0.25, -0.2) is 4.68 Å². The van der Waals surface area contributed by atoms with E-state index in [4.69, 9.17) is 19.0 Å². The number of hydrogen-bond donors (Lipinski definition) is 0. The number of benzene rings is 3. The van der Waals surface area contributed by atoms with Crippen molar-refractivity contribution in [2.45, 2.75) is 6.92 Å². The lowest BCUT2D eigenvalue weighted by atomic mass is 10.2. The summed E-state index contributed by atoms with van der Waals surface area (Å²) in [5, 5.41) is 10.3. The molecule has 4 heterocycles. The molecule has 0 aliphatic heterocycles. The van der Waals surface area contributed by atoms with Gasteiger partial charge in [-0.05, 0) is 61.0 Å². The van der Waals surface area contributed by atoms with Crippen molar-refractivity contribution in [2.24, 2.45) is 0 Å². The average molecular weight is 588 g/mol. The summed E-state index contributed by atoms with van der Waals surface area (Å²) in [4.78, 5) is 18.5. The third-order valence-electron chi connectivity index (χ3n) is 6.82. The Balaban J connectivity index is 1.25. The van der Waals surface area contributed by atoms with Gasteiger partial charge in [-0.1, -0.05) is 59.9 Å². The maximum absolute atomic E-state index is 13.4. The van der Waals surface area contributed by atoms with Crippen LogP contribution in [0.5, 0.6) is 11.5 Å². The predicted molar refractivity (Wildman–Crippen MR) is 168 cm³/mol. The Morgan fingerprint density at radius 1 is 0.953 bits per heavy atom. The van der Waals surface area contributed by atoms with Crippen molar-refractivity contribution in [3.05, 3.63) is 117 Å². The van der Waals surface area contributed by atoms with E-state index in [1.807, 2.05) is 104 Å². The Kier molecular flexibility index (Phi) is 6.80. The monoisotopic (exact) mass is 587 g/mol. The Hall–Kier alpha value is -5.48. The molecule has 9 nitrogen and oxygen atoms in total. The summed E-state index contributed by atoms with van der Waals surface area (Å²) in [6.45, 7) is 2.47. The fourth-order valence-electron chi connectivity index (χ4n) is 4.79. The molecule has 43 heavy (non-hydrogen) atoms. The van der Waals surface area contributed by atoms with Crippen LogP contribution in [0.25, 0.3) is 51.3 Å². The van der Waals surface area contributed by atoms with Crippen molar-refractivity contribution in [1.29, 1.82) is 0 Å². The van der Waals surface area contributed by atoms with Crippen LogP contribution >= 0.6 is 11.3 Å². The molecule has 0 fully saturated rings. The van der Waals surface area contributed by atoms with Gasteiger partial charge in [0.25, 0.3) is 5.56 Å². The van der Waals surface area contributed by atoms with E-state index in [0.29, 0.717) is 44.9 Å². The summed E-state index contributed by atoms with van der Waals surface area (Å²) >= 11 is 1.27. The number of rotatable bonds is 8. The minimum absolute atomic E-state index is 0.252. The Labute approximate surface area is 249 Å². The second-order valence-corrected chi connectivity index (χ2v) is 10.6. The molecule has 0 atom stereocenters. The normalized spacial score (nSPS) is 12.2. The molecule has 212 valence electrons. The molecular weight excluding hydrogens is 562 g/mol. The van der Waals surface area contributed by atoms with Crippen LogP contribution in [-0.2, 0) is 0 Å². The zero-order valence-corrected chi connectivity index (χ0v) is 24.1. The molecule has 0 aliphatic rings. The first-order chi connectivity index (χ1) is 21.1. The van der Waals surface area contributed by atoms with Crippen molar-refractivity contribution in [3.8, 4) is 28.6 Å². The first-order valence-corrected chi connectivity index (χ1v) is 14.5. The molecule has 7 rings (SSSR count). The highest BCUT2D eigenvalue weighted by Gasteiger charge is 2.17. The van der Waals surface area contributed by atoms with Crippen molar-refractivity contribution >= 4 is 45.5 Å². The maximum atomic E-state index is 13.4. The molecule has 10 heteroatoms. The largest absolute Gasteiger partial charge is 0.493 e. The van der Waals surface area contributed by atoms with Gasteiger partial charge < -0.3 is 13.9 Å². The van der Waals surface area contributed by atoms with E-state index < -0.39 is 0 Å². The van der Waals surface area contributed by atoms with E-state index in [9.17, 15) is 4.79 Å². The predicted octanol–water partition coefficient (Wildman–Crippen LogP) is 5.88. The summed E-state index contributed by atoms with van der Waals surface area (Å²) in [6.07, 6.45) is 7.35. The lowest BCUT2D eigenvalue weighted by Gasteiger charge is -2.09. The van der Waals surface area contributed by atoms with Crippen LogP contribution in [-0.4, -0.2) is 38.1 Å². The van der Waals surface area contributed by atoms with Crippen LogP contribution in [0.3, 0.4) is 0 Å². The van der Waals surface area contributed by atoms with Gasteiger partial charge in [-0.2, -0.15) is 14.6 Å². The minimum atomic E-state index is -0.252. The Morgan fingerprint density at radius 2 is 1.79 bits per heavy atom. The molecule has 3 aromatic carbocycles. The summed E-state index contributed by atoms with van der Waals surface area (Å²) in [5.74, 6) is 2.37. The van der Waals surface area contributed by atoms with Gasteiger partial charge in [0, 0.05) is 17.1 Å². The molecular formula is C33H25N5O4S. The number of hydrogen-bond acceptors (Lipinski definition) is 8. The topological polar surface area (TPSA) is 96.7 Å². The smallest absolute Gasteiger partial charge is 0.291 e. The number of ether oxygens (including phenoxy) is 2. The highest BCUT2D eigenvalue weighted by atomic mass is 32.1. The molecule has 4 aromatic heterocycles. The lowest BCUT2D eigenvalue weighted by molar-refractivity contribution is 0.311. The molecule has 0 bridgehead atoms. The third-order valence-corrected chi connectivity index (χ3v) is 7.78. The van der Waals surface area contributed by atoms with Crippen LogP contribution in [0, 0.1) is 0 Å². The Morgan fingerprint density at radius 3 is 2.58 bits per heavy atom. The fraction of sp³-hybridized carbons (Fsp3) is 0.0909. The summed E-state index contributed by atoms with van der Waals surface area (Å²) in [7, 11) is 1.60. The number of aromatic nitrogens is 5. The van der Waals surface area contributed by atoms with Gasteiger partial charge in [0.1, 0.15) is 11.3 Å². The summed E-state index contributed by atoms with van der Waals surface area (Å²) in [6, 6.07) is 25.2. The highest BCUT2D eigenvalue weighted by Crippen LogP contribution is 2.31. The third kappa shape index (κ3) is 5.08. The van der Waals surface area contributed by atoms with Crippen LogP contribution in [0.4, 0.5) is 0 Å². The van der Waals surface area contributed by atoms with E-state index in [-0.39, 0.29) is 5.56 Å². The van der Waals surface area contributed by atoms with Gasteiger partial charge in [0.05, 0.1) is 23.9 Å². The quantitative estimate of drug-likeness (QED) is 0.219. The average Bonchev–Trinajstić information content (AvgIpc) is 3.81. The molecule has 0 radical (unpaired) electrons. The van der Waals surface area contributed by atoms with Crippen LogP contribution in [0.1, 0.15) is 23.9 Å². The summed E-state index contributed by atoms with van der Waals surface area (Å²) < 4.78 is 20.8. The van der Waals surface area contributed by atoms with Crippen molar-refractivity contribution in [1.82, 2.24) is 24.4 Å². The number of para-hydroxylation sites is 2. The zero-order chi connectivity index (χ0) is 29.3. The zero-order valence-electron chi connectivity index (χ0n) is 23.3. The molecule has 0 saturated heterocycles. The number of methoxy groups -OCH3 is 1. The van der Waals surface area contributed by atoms with Crippen LogP contribution in [0.2, 0.25) is 0 Å². The first-order valence-electron chi connectivity index (χ1n) is 13.6. The van der Waals surface area contributed by atoms with Gasteiger partial charge in [-0.3, -0.25) is 4.79 Å². The van der Waals surface area contributed by atoms with Crippen molar-refractivity contribution < 1.29 is 13.9 Å². The van der Waals surface area contributed by atoms with E-state index >= 15 is 0 Å². The van der Waals surface area contributed by atoms with Crippen LogP contribution < -0.4 is 19.6 Å². The second-order valence-electron chi connectivity index (χ2n) is 9.62. The maximum Gasteiger partial charge on any atom is 0.291 e. The van der Waals surface area contributed by atoms with Gasteiger partial charge in [0.2, 0.25) is 4.96 Å². The molecule has 0 N–H and O–H groups in total. The van der Waals surface area contributed by atoms with E-state index in [1.54, 1.807) is 17.9 Å². The van der Waals surface area contributed by atoms with E-state index in [1.165, 1.54) is 15.9 Å². The Bertz CT molecular complexity index is 2190. The van der Waals surface area contributed by atoms with Gasteiger partial charge in [-0.15, -0.1) is 5.10 Å². The highest BCUT2D eigenvalue weighted by molar-refractivity contribution is 7.15. The van der Waals surface area contributed by atoms with Crippen molar-refractivity contribution in [3.63, 3.8) is 0 Å². The number of furan rings is 1. The lowest BCUT2D eigenvalue weighted by Crippen LogP contribution is -2.23. The molecule has 0 saturated carbocycles. The molecule has 7 aromatic rings. The molecule has 0 aliphatic carbocycles. The van der Waals surface area contributed by atoms with Gasteiger partial charge in [0.15, 0.2) is 23.1 Å². The van der Waals surface area contributed by atoms with Crippen LogP contribution in [0.15, 0.2) is 94.3 Å². The first kappa shape index (κ1) is 26.4. The minimum Gasteiger partial charge on any atom is -0.493 e. The van der Waals surface area contributed by atoms with E-state index in [0.717, 1.165) is 27.8 Å². The number of nitrogens with zero attached hydrogens (tertiary/aromatic N) is 5. The van der Waals surface area contributed by atoms with Gasteiger partial charge >= 0.3 is 0 Å². The SMILES string of the molecule is CCOc1ccc(/C=C/c2nc3s/c(=C\c4cn(-c5ccccc5)nc4-c4cc5ccccc5o4)c(=O)n3n2)cc1OC. The standard InChI is InChI=1S/C33H25N5O4S/c1-3-41-26-15-13-21(17-27(26)40-2)14-16-30-34-33-38(35-30)32(39)29(43-33)19-23-20-37(24-10-5-4-6-11-24)36-31(23)28-18-22-9-7-8-12-25(22)42-28/h4-20H,3H2,1-2H3/b16-14+,29-19-. The number of thiazole rings is 1. The molecule has 0 spiro atoms. The number of fused-ring (bicyclic) bond motifs is 2. The van der Waals surface area contributed by atoms with Crippen molar-refractivity contribution in [2.75, 3.05) is 13.7 Å². The molecule has 0 amide bonds.